The summed E-state index contributed by atoms with van der Waals surface area (Å²) in [5.74, 6) is 3.33. The van der Waals surface area contributed by atoms with Gasteiger partial charge in [-0.3, -0.25) is 9.59 Å². The molecule has 0 unspecified atom stereocenters. The van der Waals surface area contributed by atoms with Gasteiger partial charge in [0, 0.05) is 77.8 Å². The van der Waals surface area contributed by atoms with Crippen molar-refractivity contribution in [2.45, 2.75) is 138 Å². The number of piperidine rings is 4. The smallest absolute Gasteiger partial charge is 0.248 e. The van der Waals surface area contributed by atoms with E-state index in [4.69, 9.17) is 18.9 Å². The highest BCUT2D eigenvalue weighted by molar-refractivity contribution is 5.77. The minimum atomic E-state index is 0.134. The van der Waals surface area contributed by atoms with Crippen LogP contribution in [0.4, 0.5) is 0 Å². The van der Waals surface area contributed by atoms with E-state index in [1.807, 2.05) is 16.7 Å². The van der Waals surface area contributed by atoms with Crippen LogP contribution in [0.25, 0.3) is 0 Å². The van der Waals surface area contributed by atoms with Gasteiger partial charge in [0.05, 0.1) is 19.3 Å². The van der Waals surface area contributed by atoms with Crippen molar-refractivity contribution in [2.24, 2.45) is 23.7 Å². The van der Waals surface area contributed by atoms with Gasteiger partial charge in [0.25, 0.3) is 0 Å². The molecule has 0 radical (unpaired) electrons. The number of carbonyl (C=O) groups is 2. The van der Waals surface area contributed by atoms with E-state index in [-0.39, 0.29) is 12.5 Å². The molecule has 4 heterocycles. The Bertz CT molecular complexity index is 876. The van der Waals surface area contributed by atoms with Crippen molar-refractivity contribution in [3.05, 3.63) is 0 Å². The lowest BCUT2D eigenvalue weighted by atomic mass is 9.87. The van der Waals surface area contributed by atoms with E-state index < -0.39 is 0 Å². The average Bonchev–Trinajstić information content (AvgIpc) is 3.17. The topological polar surface area (TPSA) is 84.0 Å². The van der Waals surface area contributed by atoms with Crippen molar-refractivity contribution in [3.8, 4) is 0 Å². The summed E-state index contributed by atoms with van der Waals surface area (Å²) in [5, 5.41) is 0. The first-order valence-electron chi connectivity index (χ1n) is 21.4. The normalized spacial score (nSPS) is 20.6. The lowest BCUT2D eigenvalue weighted by molar-refractivity contribution is -0.138. The van der Waals surface area contributed by atoms with Gasteiger partial charge in [-0.15, -0.1) is 0 Å². The molecule has 306 valence electrons. The van der Waals surface area contributed by atoms with Crippen molar-refractivity contribution in [1.29, 1.82) is 0 Å². The van der Waals surface area contributed by atoms with Gasteiger partial charge in [0.15, 0.2) is 0 Å². The predicted octanol–water partition coefficient (Wildman–Crippen LogP) is 6.60. The van der Waals surface area contributed by atoms with Crippen molar-refractivity contribution >= 4 is 12.3 Å². The number of likely N-dealkylation sites (tertiary alicyclic amines) is 4. The van der Waals surface area contributed by atoms with Crippen LogP contribution >= 0.6 is 0 Å². The molecular weight excluding hydrogens is 656 g/mol. The quantitative estimate of drug-likeness (QED) is 0.115. The lowest BCUT2D eigenvalue weighted by Crippen LogP contribution is -2.41. The number of rotatable bonds is 18. The number of hydrogen-bond acceptors (Lipinski definition) is 8. The van der Waals surface area contributed by atoms with Crippen LogP contribution in [0, 0.1) is 23.7 Å². The third-order valence-electron chi connectivity index (χ3n) is 11.7. The minimum Gasteiger partial charge on any atom is -0.382 e. The molecule has 4 saturated heterocycles. The largest absolute Gasteiger partial charge is 0.382 e. The van der Waals surface area contributed by atoms with E-state index in [2.05, 4.69) is 58.3 Å². The number of ether oxygens (including phenoxy) is 4. The fourth-order valence-corrected chi connectivity index (χ4v) is 7.66. The number of amides is 2. The van der Waals surface area contributed by atoms with E-state index in [0.29, 0.717) is 31.4 Å². The molecule has 0 aliphatic carbocycles. The molecule has 4 rings (SSSR count). The number of hydrogen-bond donors (Lipinski definition) is 0. The molecular formula is C42H82N4O6. The van der Waals surface area contributed by atoms with E-state index >= 15 is 0 Å². The summed E-state index contributed by atoms with van der Waals surface area (Å²) in [5.41, 5.74) is 0. The van der Waals surface area contributed by atoms with Crippen molar-refractivity contribution < 1.29 is 28.5 Å². The van der Waals surface area contributed by atoms with Gasteiger partial charge < -0.3 is 38.5 Å². The molecule has 0 saturated carbocycles. The van der Waals surface area contributed by atoms with Gasteiger partial charge in [-0.25, -0.2) is 0 Å². The second-order valence-corrected chi connectivity index (χ2v) is 16.4. The lowest BCUT2D eigenvalue weighted by Gasteiger charge is -2.34. The first-order chi connectivity index (χ1) is 25.1. The Morgan fingerprint density at radius 3 is 1.73 bits per heavy atom. The molecule has 0 N–H and O–H groups in total. The maximum atomic E-state index is 12.1. The van der Waals surface area contributed by atoms with Crippen molar-refractivity contribution in [2.75, 3.05) is 98.6 Å². The molecule has 4 fully saturated rings. The van der Waals surface area contributed by atoms with Crippen LogP contribution in [0.5, 0.6) is 0 Å². The Morgan fingerprint density at radius 2 is 1.21 bits per heavy atom. The SMILES string of the molecule is CC(C)C1CCN(C=O)CC1.CCC1CCN(C(=O)COCCOC2CCN(C(C)C)CC2)CC1.CCOCCCOCC1CCN(C(C)C)CC1. The molecule has 0 spiro atoms. The molecule has 10 heteroatoms. The summed E-state index contributed by atoms with van der Waals surface area (Å²) in [6.07, 6.45) is 13.0. The zero-order valence-electron chi connectivity index (χ0n) is 35.0. The highest BCUT2D eigenvalue weighted by atomic mass is 16.5. The Balaban J connectivity index is 0.000000291. The van der Waals surface area contributed by atoms with Gasteiger partial charge in [0.1, 0.15) is 6.61 Å². The van der Waals surface area contributed by atoms with Crippen LogP contribution in [0.2, 0.25) is 0 Å². The molecule has 2 amide bonds. The first-order valence-corrected chi connectivity index (χ1v) is 21.4. The van der Waals surface area contributed by atoms with Crippen LogP contribution in [0.1, 0.15) is 120 Å². The van der Waals surface area contributed by atoms with Gasteiger partial charge in [-0.2, -0.15) is 0 Å². The van der Waals surface area contributed by atoms with Crippen molar-refractivity contribution in [3.63, 3.8) is 0 Å². The molecule has 0 atom stereocenters. The molecule has 0 bridgehead atoms. The third-order valence-corrected chi connectivity index (χ3v) is 11.7. The zero-order chi connectivity index (χ0) is 38.1. The third kappa shape index (κ3) is 19.9. The van der Waals surface area contributed by atoms with Gasteiger partial charge >= 0.3 is 0 Å². The summed E-state index contributed by atoms with van der Waals surface area (Å²) in [7, 11) is 0. The summed E-state index contributed by atoms with van der Waals surface area (Å²) < 4.78 is 22.4. The van der Waals surface area contributed by atoms with Crippen LogP contribution < -0.4 is 0 Å². The van der Waals surface area contributed by atoms with E-state index in [1.54, 1.807) is 0 Å². The second-order valence-electron chi connectivity index (χ2n) is 16.4. The minimum absolute atomic E-state index is 0.134. The Kier molecular flexibility index (Phi) is 25.4. The van der Waals surface area contributed by atoms with Crippen LogP contribution in [-0.4, -0.2) is 149 Å². The van der Waals surface area contributed by atoms with Crippen LogP contribution in [-0.2, 0) is 28.5 Å². The Hall–Kier alpha value is -1.30. The van der Waals surface area contributed by atoms with Gasteiger partial charge in [-0.1, -0.05) is 27.2 Å². The van der Waals surface area contributed by atoms with Crippen LogP contribution in [0.3, 0.4) is 0 Å². The molecule has 0 aromatic rings. The fourth-order valence-electron chi connectivity index (χ4n) is 7.66. The summed E-state index contributed by atoms with van der Waals surface area (Å²) >= 11 is 0. The predicted molar refractivity (Wildman–Crippen MR) is 213 cm³/mol. The average molecular weight is 739 g/mol. The molecule has 10 nitrogen and oxygen atoms in total. The highest BCUT2D eigenvalue weighted by Gasteiger charge is 2.24. The summed E-state index contributed by atoms with van der Waals surface area (Å²) in [6.45, 7) is 31.0. The summed E-state index contributed by atoms with van der Waals surface area (Å²) in [4.78, 5) is 31.4. The van der Waals surface area contributed by atoms with E-state index in [9.17, 15) is 9.59 Å². The number of nitrogens with zero attached hydrogens (tertiary/aromatic N) is 4. The van der Waals surface area contributed by atoms with E-state index in [0.717, 1.165) is 128 Å². The first kappa shape index (κ1) is 46.9. The Morgan fingerprint density at radius 1 is 0.654 bits per heavy atom. The maximum Gasteiger partial charge on any atom is 0.248 e. The van der Waals surface area contributed by atoms with E-state index in [1.165, 1.54) is 45.2 Å². The summed E-state index contributed by atoms with van der Waals surface area (Å²) in [6, 6.07) is 1.32. The van der Waals surface area contributed by atoms with Gasteiger partial charge in [-0.05, 0) is 129 Å². The molecule has 0 aromatic carbocycles. The van der Waals surface area contributed by atoms with Crippen molar-refractivity contribution in [1.82, 2.24) is 19.6 Å². The van der Waals surface area contributed by atoms with Gasteiger partial charge in [0.2, 0.25) is 12.3 Å². The monoisotopic (exact) mass is 739 g/mol. The fraction of sp³-hybridized carbons (Fsp3) is 0.952. The second kappa shape index (κ2) is 28.2. The molecule has 4 aliphatic heterocycles. The molecule has 0 aromatic heterocycles. The molecule has 4 aliphatic rings. The number of carbonyl (C=O) groups excluding carboxylic acids is 2. The Labute approximate surface area is 320 Å². The maximum absolute atomic E-state index is 12.1. The molecule has 52 heavy (non-hydrogen) atoms. The standard InChI is InChI=1S/C19H36N2O3.C14H29NO2.C9H17NO/c1-4-17-5-9-21(10-6-17)19(22)15-23-13-14-24-18-7-11-20(12-8-18)16(2)3;1-4-16-10-5-11-17-12-14-6-8-15(9-7-14)13(2)3;1-8(2)9-3-5-10(7-11)6-4-9/h16-18H,4-15H2,1-3H3;13-14H,4-12H2,1-3H3;7-9H,3-6H2,1-2H3. The van der Waals surface area contributed by atoms with Crippen LogP contribution in [0.15, 0.2) is 0 Å². The zero-order valence-corrected chi connectivity index (χ0v) is 35.0. The highest BCUT2D eigenvalue weighted by Crippen LogP contribution is 2.24.